The lowest BCUT2D eigenvalue weighted by atomic mass is 10.1. The Kier molecular flexibility index (Phi) is 14.9. The standard InChI is InChI=1S/C19H33NO2/c1-3-5-6-7-8-9-10-11-12-13-14-15-16-17-18(4-2)22-19(20)21/h4,18H,2-3,5-15H2,1H3,(H2,20,21)/t18-/m1/s1. The number of rotatable bonds is 13. The molecule has 1 atom stereocenters. The molecule has 0 saturated carbocycles. The largest absolute Gasteiger partial charge is 0.429 e. The van der Waals surface area contributed by atoms with Crippen molar-refractivity contribution < 1.29 is 9.53 Å². The zero-order chi connectivity index (χ0) is 16.5. The SMILES string of the molecule is C=C[C@H](C#CCCCCCCCCCCCCC)OC(N)=O. The number of hydrogen-bond donors (Lipinski definition) is 1. The van der Waals surface area contributed by atoms with Gasteiger partial charge in [-0.25, -0.2) is 4.79 Å². The minimum Gasteiger partial charge on any atom is -0.429 e. The van der Waals surface area contributed by atoms with E-state index in [2.05, 4.69) is 25.3 Å². The number of unbranched alkanes of at least 4 members (excludes halogenated alkanes) is 11. The van der Waals surface area contributed by atoms with Crippen LogP contribution < -0.4 is 5.73 Å². The number of carbonyl (C=O) groups excluding carboxylic acids is 1. The Morgan fingerprint density at radius 3 is 2.00 bits per heavy atom. The molecule has 0 unspecified atom stereocenters. The molecule has 2 N–H and O–H groups in total. The summed E-state index contributed by atoms with van der Waals surface area (Å²) in [4.78, 5) is 10.6. The van der Waals surface area contributed by atoms with E-state index < -0.39 is 12.2 Å². The highest BCUT2D eigenvalue weighted by atomic mass is 16.6. The summed E-state index contributed by atoms with van der Waals surface area (Å²) < 4.78 is 4.75. The van der Waals surface area contributed by atoms with Gasteiger partial charge in [-0.05, 0) is 12.5 Å². The molecule has 0 saturated heterocycles. The van der Waals surface area contributed by atoms with Crippen molar-refractivity contribution in [3.63, 3.8) is 0 Å². The maximum Gasteiger partial charge on any atom is 0.406 e. The molecule has 0 aliphatic carbocycles. The van der Waals surface area contributed by atoms with Crippen LogP contribution in [0, 0.1) is 11.8 Å². The third-order valence-electron chi connectivity index (χ3n) is 3.61. The summed E-state index contributed by atoms with van der Waals surface area (Å²) in [6.07, 6.45) is 15.5. The fraction of sp³-hybridized carbons (Fsp3) is 0.737. The first-order valence-corrected chi connectivity index (χ1v) is 8.77. The molecule has 0 aromatic rings. The Hall–Kier alpha value is -1.43. The van der Waals surface area contributed by atoms with E-state index in [4.69, 9.17) is 10.5 Å². The van der Waals surface area contributed by atoms with Crippen molar-refractivity contribution in [3.05, 3.63) is 12.7 Å². The van der Waals surface area contributed by atoms with Crippen LogP contribution in [0.15, 0.2) is 12.7 Å². The van der Waals surface area contributed by atoms with Gasteiger partial charge in [-0.3, -0.25) is 0 Å². The zero-order valence-electron chi connectivity index (χ0n) is 14.2. The van der Waals surface area contributed by atoms with Crippen LogP contribution in [0.1, 0.15) is 84.0 Å². The van der Waals surface area contributed by atoms with Crippen LogP contribution >= 0.6 is 0 Å². The average molecular weight is 307 g/mol. The van der Waals surface area contributed by atoms with Crippen molar-refractivity contribution in [3.8, 4) is 11.8 Å². The molecule has 0 bridgehead atoms. The minimum atomic E-state index is -0.811. The van der Waals surface area contributed by atoms with Gasteiger partial charge in [0.1, 0.15) is 0 Å². The van der Waals surface area contributed by atoms with Gasteiger partial charge in [0.2, 0.25) is 0 Å². The van der Waals surface area contributed by atoms with Crippen LogP contribution in [0.25, 0.3) is 0 Å². The number of carbonyl (C=O) groups is 1. The van der Waals surface area contributed by atoms with Crippen molar-refractivity contribution >= 4 is 6.09 Å². The Morgan fingerprint density at radius 1 is 1.05 bits per heavy atom. The van der Waals surface area contributed by atoms with E-state index in [-0.39, 0.29) is 0 Å². The molecule has 0 spiro atoms. The maximum absolute atomic E-state index is 10.6. The van der Waals surface area contributed by atoms with Crippen molar-refractivity contribution in [1.82, 2.24) is 0 Å². The van der Waals surface area contributed by atoms with Crippen LogP contribution in [-0.4, -0.2) is 12.2 Å². The van der Waals surface area contributed by atoms with Gasteiger partial charge in [-0.2, -0.15) is 0 Å². The predicted octanol–water partition coefficient (Wildman–Crippen LogP) is 5.34. The molecule has 0 rings (SSSR count). The molecule has 0 aromatic heterocycles. The van der Waals surface area contributed by atoms with Crippen LogP contribution in [0.4, 0.5) is 4.79 Å². The Balaban J connectivity index is 3.36. The van der Waals surface area contributed by atoms with Gasteiger partial charge in [-0.15, -0.1) is 0 Å². The third-order valence-corrected chi connectivity index (χ3v) is 3.61. The van der Waals surface area contributed by atoms with Gasteiger partial charge in [0, 0.05) is 6.42 Å². The zero-order valence-corrected chi connectivity index (χ0v) is 14.2. The van der Waals surface area contributed by atoms with E-state index in [1.165, 1.54) is 70.3 Å². The van der Waals surface area contributed by atoms with E-state index in [0.29, 0.717) is 0 Å². The fourth-order valence-electron chi connectivity index (χ4n) is 2.31. The Labute approximate surface area is 136 Å². The Bertz CT molecular complexity index is 341. The normalized spacial score (nSPS) is 11.3. The molecule has 1 amide bonds. The molecule has 3 nitrogen and oxygen atoms in total. The molecule has 0 radical (unpaired) electrons. The topological polar surface area (TPSA) is 52.3 Å². The summed E-state index contributed by atoms with van der Waals surface area (Å²) in [6, 6.07) is 0. The molecule has 0 aliphatic heterocycles. The molecular formula is C19H33NO2. The van der Waals surface area contributed by atoms with Gasteiger partial charge in [0.15, 0.2) is 6.10 Å². The van der Waals surface area contributed by atoms with Gasteiger partial charge in [0.05, 0.1) is 0 Å². The van der Waals surface area contributed by atoms with Crippen molar-refractivity contribution in [1.29, 1.82) is 0 Å². The Morgan fingerprint density at radius 2 is 1.55 bits per heavy atom. The number of primary amides is 1. The quantitative estimate of drug-likeness (QED) is 0.283. The van der Waals surface area contributed by atoms with Crippen LogP contribution in [-0.2, 0) is 4.74 Å². The van der Waals surface area contributed by atoms with E-state index in [9.17, 15) is 4.79 Å². The van der Waals surface area contributed by atoms with Gasteiger partial charge < -0.3 is 10.5 Å². The number of nitrogens with two attached hydrogens (primary N) is 1. The second-order valence-electron chi connectivity index (χ2n) is 5.70. The van der Waals surface area contributed by atoms with E-state index in [0.717, 1.165) is 12.8 Å². The van der Waals surface area contributed by atoms with E-state index in [1.807, 2.05) is 0 Å². The monoisotopic (exact) mass is 307 g/mol. The second kappa shape index (κ2) is 15.9. The maximum atomic E-state index is 10.6. The number of ether oxygens (including phenoxy) is 1. The van der Waals surface area contributed by atoms with Crippen molar-refractivity contribution in [2.75, 3.05) is 0 Å². The van der Waals surface area contributed by atoms with Crippen LogP contribution in [0.3, 0.4) is 0 Å². The summed E-state index contributed by atoms with van der Waals surface area (Å²) >= 11 is 0. The molecule has 0 aliphatic rings. The lowest BCUT2D eigenvalue weighted by molar-refractivity contribution is 0.150. The second-order valence-corrected chi connectivity index (χ2v) is 5.70. The van der Waals surface area contributed by atoms with Crippen LogP contribution in [0.2, 0.25) is 0 Å². The first-order valence-electron chi connectivity index (χ1n) is 8.77. The molecule has 0 heterocycles. The summed E-state index contributed by atoms with van der Waals surface area (Å²) in [5, 5.41) is 0. The lowest BCUT2D eigenvalue weighted by Crippen LogP contribution is -2.19. The molecule has 3 heteroatoms. The molecule has 0 fully saturated rings. The molecular weight excluding hydrogens is 274 g/mol. The van der Waals surface area contributed by atoms with Gasteiger partial charge >= 0.3 is 6.09 Å². The summed E-state index contributed by atoms with van der Waals surface area (Å²) in [5.74, 6) is 5.86. The fourth-order valence-corrected chi connectivity index (χ4v) is 2.31. The first-order chi connectivity index (χ1) is 10.7. The minimum absolute atomic E-state index is 0.579. The number of hydrogen-bond acceptors (Lipinski definition) is 2. The third kappa shape index (κ3) is 15.0. The summed E-state index contributed by atoms with van der Waals surface area (Å²) in [5.41, 5.74) is 4.94. The van der Waals surface area contributed by atoms with E-state index >= 15 is 0 Å². The molecule has 126 valence electrons. The highest BCUT2D eigenvalue weighted by molar-refractivity contribution is 5.65. The van der Waals surface area contributed by atoms with Crippen LogP contribution in [0.5, 0.6) is 0 Å². The molecule has 0 aromatic carbocycles. The average Bonchev–Trinajstić information content (AvgIpc) is 2.50. The van der Waals surface area contributed by atoms with Gasteiger partial charge in [0.25, 0.3) is 0 Å². The van der Waals surface area contributed by atoms with Gasteiger partial charge in [-0.1, -0.05) is 89.6 Å². The summed E-state index contributed by atoms with van der Waals surface area (Å²) in [7, 11) is 0. The first kappa shape index (κ1) is 20.6. The summed E-state index contributed by atoms with van der Waals surface area (Å²) in [6.45, 7) is 5.82. The lowest BCUT2D eigenvalue weighted by Gasteiger charge is -2.03. The predicted molar refractivity (Wildman–Crippen MR) is 93.5 cm³/mol. The highest BCUT2D eigenvalue weighted by Gasteiger charge is 2.02. The number of amides is 1. The van der Waals surface area contributed by atoms with E-state index in [1.54, 1.807) is 0 Å². The smallest absolute Gasteiger partial charge is 0.406 e. The highest BCUT2D eigenvalue weighted by Crippen LogP contribution is 2.11. The van der Waals surface area contributed by atoms with Crippen molar-refractivity contribution in [2.45, 2.75) is 90.1 Å². The van der Waals surface area contributed by atoms with Crippen molar-refractivity contribution in [2.24, 2.45) is 5.73 Å². The molecule has 22 heavy (non-hydrogen) atoms.